The molecule has 0 aliphatic heterocycles. The van der Waals surface area contributed by atoms with Gasteiger partial charge in [0.25, 0.3) is 0 Å². The molecular weight excluding hydrogens is 238 g/mol. The lowest BCUT2D eigenvalue weighted by Gasteiger charge is -2.35. The van der Waals surface area contributed by atoms with Crippen molar-refractivity contribution in [3.8, 4) is 5.75 Å². The maximum atomic E-state index is 11.3. The van der Waals surface area contributed by atoms with Gasteiger partial charge in [0.1, 0.15) is 5.75 Å². The highest BCUT2D eigenvalue weighted by molar-refractivity contribution is 5.97. The third-order valence-electron chi connectivity index (χ3n) is 4.22. The van der Waals surface area contributed by atoms with Gasteiger partial charge in [-0.15, -0.1) is 0 Å². The van der Waals surface area contributed by atoms with Crippen LogP contribution in [0.1, 0.15) is 49.9 Å². The van der Waals surface area contributed by atoms with Crippen LogP contribution < -0.4 is 4.90 Å². The number of ketones is 1. The van der Waals surface area contributed by atoms with Crippen LogP contribution in [-0.4, -0.2) is 24.0 Å². The van der Waals surface area contributed by atoms with Crippen molar-refractivity contribution in [1.82, 2.24) is 0 Å². The Labute approximate surface area is 115 Å². The number of anilines is 1. The molecule has 0 saturated heterocycles. The average molecular weight is 261 g/mol. The van der Waals surface area contributed by atoms with Crippen LogP contribution in [0.5, 0.6) is 5.75 Å². The summed E-state index contributed by atoms with van der Waals surface area (Å²) in [5, 5.41) is 9.91. The molecule has 1 saturated carbocycles. The Hall–Kier alpha value is -1.51. The zero-order valence-corrected chi connectivity index (χ0v) is 12.0. The highest BCUT2D eigenvalue weighted by atomic mass is 16.3. The minimum atomic E-state index is -0.0991. The van der Waals surface area contributed by atoms with E-state index in [1.165, 1.54) is 32.6 Å². The molecule has 3 heteroatoms. The Bertz CT molecular complexity index is 470. The Kier molecular flexibility index (Phi) is 4.13. The fourth-order valence-electron chi connectivity index (χ4n) is 3.00. The van der Waals surface area contributed by atoms with Crippen molar-refractivity contribution < 1.29 is 9.90 Å². The summed E-state index contributed by atoms with van der Waals surface area (Å²) in [6.45, 7) is 3.78. The van der Waals surface area contributed by atoms with Gasteiger partial charge in [-0.3, -0.25) is 4.79 Å². The van der Waals surface area contributed by atoms with E-state index in [9.17, 15) is 9.90 Å². The van der Waals surface area contributed by atoms with Crippen molar-refractivity contribution in [3.05, 3.63) is 23.8 Å². The van der Waals surface area contributed by atoms with E-state index >= 15 is 0 Å². The van der Waals surface area contributed by atoms with Gasteiger partial charge in [-0.25, -0.2) is 0 Å². The number of hydrogen-bond acceptors (Lipinski definition) is 3. The van der Waals surface area contributed by atoms with Gasteiger partial charge in [0.05, 0.1) is 5.56 Å². The molecule has 2 unspecified atom stereocenters. The molecule has 2 atom stereocenters. The second-order valence-electron chi connectivity index (χ2n) is 5.79. The molecule has 2 rings (SSSR count). The summed E-state index contributed by atoms with van der Waals surface area (Å²) in [7, 11) is 2.07. The van der Waals surface area contributed by atoms with E-state index < -0.39 is 0 Å². The van der Waals surface area contributed by atoms with Gasteiger partial charge in [0, 0.05) is 24.8 Å². The molecule has 0 heterocycles. The molecule has 1 aliphatic rings. The molecule has 0 bridgehead atoms. The van der Waals surface area contributed by atoms with E-state index in [-0.39, 0.29) is 11.5 Å². The quantitative estimate of drug-likeness (QED) is 0.845. The molecule has 19 heavy (non-hydrogen) atoms. The average Bonchev–Trinajstić information content (AvgIpc) is 2.37. The van der Waals surface area contributed by atoms with E-state index in [1.807, 2.05) is 6.07 Å². The summed E-state index contributed by atoms with van der Waals surface area (Å²) in [4.78, 5) is 13.6. The first-order chi connectivity index (χ1) is 8.99. The number of aromatic hydroxyl groups is 1. The van der Waals surface area contributed by atoms with Crippen molar-refractivity contribution in [2.24, 2.45) is 5.92 Å². The van der Waals surface area contributed by atoms with Crippen LogP contribution in [-0.2, 0) is 0 Å². The number of carbonyl (C=O) groups is 1. The molecule has 1 aromatic rings. The van der Waals surface area contributed by atoms with Crippen molar-refractivity contribution in [1.29, 1.82) is 0 Å². The van der Waals surface area contributed by atoms with Crippen LogP contribution in [0.2, 0.25) is 0 Å². The standard InChI is InChI=1S/C16H23NO2/c1-11-5-4-6-13(9-11)17(3)14-7-8-15(12(2)18)16(19)10-14/h7-8,10-11,13,19H,4-6,9H2,1-3H3. The molecule has 0 aromatic heterocycles. The zero-order chi connectivity index (χ0) is 14.0. The van der Waals surface area contributed by atoms with Crippen LogP contribution in [0.15, 0.2) is 18.2 Å². The lowest BCUT2D eigenvalue weighted by Crippen LogP contribution is -2.35. The van der Waals surface area contributed by atoms with Crippen molar-refractivity contribution in [2.75, 3.05) is 11.9 Å². The summed E-state index contributed by atoms with van der Waals surface area (Å²) >= 11 is 0. The normalized spacial score (nSPS) is 23.1. The van der Waals surface area contributed by atoms with Gasteiger partial charge >= 0.3 is 0 Å². The minimum absolute atomic E-state index is 0.0840. The molecule has 3 nitrogen and oxygen atoms in total. The largest absolute Gasteiger partial charge is 0.507 e. The summed E-state index contributed by atoms with van der Waals surface area (Å²) < 4.78 is 0. The van der Waals surface area contributed by atoms with E-state index in [2.05, 4.69) is 18.9 Å². The van der Waals surface area contributed by atoms with Crippen molar-refractivity contribution in [2.45, 2.75) is 45.6 Å². The van der Waals surface area contributed by atoms with Crippen molar-refractivity contribution >= 4 is 11.5 Å². The Morgan fingerprint density at radius 1 is 1.37 bits per heavy atom. The first-order valence-corrected chi connectivity index (χ1v) is 7.06. The molecule has 0 radical (unpaired) electrons. The van der Waals surface area contributed by atoms with E-state index in [4.69, 9.17) is 0 Å². The molecular formula is C16H23NO2. The second kappa shape index (κ2) is 5.64. The first-order valence-electron chi connectivity index (χ1n) is 7.06. The van der Waals surface area contributed by atoms with E-state index in [0.717, 1.165) is 11.6 Å². The van der Waals surface area contributed by atoms with Gasteiger partial charge in [-0.05, 0) is 37.8 Å². The molecule has 0 spiro atoms. The van der Waals surface area contributed by atoms with E-state index in [1.54, 1.807) is 12.1 Å². The Morgan fingerprint density at radius 3 is 2.68 bits per heavy atom. The van der Waals surface area contributed by atoms with Gasteiger partial charge in [-0.2, -0.15) is 0 Å². The zero-order valence-electron chi connectivity index (χ0n) is 12.0. The summed E-state index contributed by atoms with van der Waals surface area (Å²) in [6.07, 6.45) is 4.99. The van der Waals surface area contributed by atoms with E-state index in [0.29, 0.717) is 11.6 Å². The maximum Gasteiger partial charge on any atom is 0.163 e. The maximum absolute atomic E-state index is 11.3. The fraction of sp³-hybridized carbons (Fsp3) is 0.562. The molecule has 0 amide bonds. The topological polar surface area (TPSA) is 40.5 Å². The number of phenols is 1. The SMILES string of the molecule is CC(=O)c1ccc(N(C)C2CCCC(C)C2)cc1O. The lowest BCUT2D eigenvalue weighted by atomic mass is 9.86. The van der Waals surface area contributed by atoms with Gasteiger partial charge in [0.2, 0.25) is 0 Å². The number of rotatable bonds is 3. The highest BCUT2D eigenvalue weighted by Crippen LogP contribution is 2.31. The number of benzene rings is 1. The van der Waals surface area contributed by atoms with Gasteiger partial charge in [-0.1, -0.05) is 19.8 Å². The monoisotopic (exact) mass is 261 g/mol. The highest BCUT2D eigenvalue weighted by Gasteiger charge is 2.23. The summed E-state index contributed by atoms with van der Waals surface area (Å²) in [5.41, 5.74) is 1.38. The fourth-order valence-corrected chi connectivity index (χ4v) is 3.00. The summed E-state index contributed by atoms with van der Waals surface area (Å²) in [5.74, 6) is 0.755. The number of nitrogens with zero attached hydrogens (tertiary/aromatic N) is 1. The van der Waals surface area contributed by atoms with Crippen molar-refractivity contribution in [3.63, 3.8) is 0 Å². The molecule has 1 N–H and O–H groups in total. The van der Waals surface area contributed by atoms with Crippen LogP contribution in [0.25, 0.3) is 0 Å². The first kappa shape index (κ1) is 13.9. The number of hydrogen-bond donors (Lipinski definition) is 1. The third kappa shape index (κ3) is 3.09. The number of Topliss-reactive ketones (excluding diaryl/α,β-unsaturated/α-hetero) is 1. The predicted octanol–water partition coefficient (Wildman–Crippen LogP) is 3.61. The summed E-state index contributed by atoms with van der Waals surface area (Å²) in [6, 6.07) is 5.88. The van der Waals surface area contributed by atoms with Crippen LogP contribution in [0, 0.1) is 5.92 Å². The minimum Gasteiger partial charge on any atom is -0.507 e. The Morgan fingerprint density at radius 2 is 2.11 bits per heavy atom. The van der Waals surface area contributed by atoms with Gasteiger partial charge < -0.3 is 10.0 Å². The molecule has 1 fully saturated rings. The number of carbonyl (C=O) groups excluding carboxylic acids is 1. The lowest BCUT2D eigenvalue weighted by molar-refractivity contribution is 0.101. The van der Waals surface area contributed by atoms with Gasteiger partial charge in [0.15, 0.2) is 5.78 Å². The molecule has 1 aliphatic carbocycles. The predicted molar refractivity (Wildman–Crippen MR) is 77.9 cm³/mol. The second-order valence-corrected chi connectivity index (χ2v) is 5.79. The molecule has 104 valence electrons. The number of phenolic OH excluding ortho intramolecular Hbond substituents is 1. The molecule has 1 aromatic carbocycles. The van der Waals surface area contributed by atoms with Crippen LogP contribution in [0.3, 0.4) is 0 Å². The third-order valence-corrected chi connectivity index (χ3v) is 4.22. The van der Waals surface area contributed by atoms with Crippen LogP contribution in [0.4, 0.5) is 5.69 Å². The van der Waals surface area contributed by atoms with Crippen LogP contribution >= 0.6 is 0 Å². The smallest absolute Gasteiger partial charge is 0.163 e. The Balaban J connectivity index is 2.17.